The van der Waals surface area contributed by atoms with Crippen molar-refractivity contribution in [1.29, 1.82) is 0 Å². The van der Waals surface area contributed by atoms with E-state index in [1.807, 2.05) is 19.1 Å². The minimum Gasteiger partial charge on any atom is -0.481 e. The molecule has 0 fully saturated rings. The van der Waals surface area contributed by atoms with E-state index in [0.717, 1.165) is 11.1 Å². The number of nitrogens with one attached hydrogen (secondary N) is 2. The van der Waals surface area contributed by atoms with Crippen molar-refractivity contribution in [2.75, 3.05) is 6.54 Å². The zero-order valence-corrected chi connectivity index (χ0v) is 12.0. The first-order chi connectivity index (χ1) is 9.47. The van der Waals surface area contributed by atoms with Gasteiger partial charge >= 0.3 is 6.03 Å². The van der Waals surface area contributed by atoms with Gasteiger partial charge < -0.3 is 15.8 Å². The predicted molar refractivity (Wildman–Crippen MR) is 76.4 cm³/mol. The molecule has 0 aliphatic carbocycles. The highest BCUT2D eigenvalue weighted by Crippen LogP contribution is 2.20. The van der Waals surface area contributed by atoms with Crippen LogP contribution < -0.4 is 21.1 Å². The quantitative estimate of drug-likeness (QED) is 0.751. The van der Waals surface area contributed by atoms with Crippen molar-refractivity contribution in [2.45, 2.75) is 33.4 Å². The van der Waals surface area contributed by atoms with Crippen LogP contribution in [0, 0.1) is 6.92 Å². The van der Waals surface area contributed by atoms with Crippen LogP contribution in [0.5, 0.6) is 5.75 Å². The zero-order valence-electron chi connectivity index (χ0n) is 12.0. The summed E-state index contributed by atoms with van der Waals surface area (Å²) in [6.45, 7) is 6.07. The van der Waals surface area contributed by atoms with E-state index in [0.29, 0.717) is 18.8 Å². The summed E-state index contributed by atoms with van der Waals surface area (Å²) >= 11 is 0. The molecule has 0 heterocycles. The van der Waals surface area contributed by atoms with Gasteiger partial charge in [0.1, 0.15) is 5.75 Å². The average Bonchev–Trinajstić information content (AvgIpc) is 2.40. The molecule has 1 aromatic carbocycles. The summed E-state index contributed by atoms with van der Waals surface area (Å²) in [6.07, 6.45) is -0.786. The standard InChI is InChI=1S/C14H21N3O3/c1-4-16-14(19)17-13(18)10(3)20-12-6-5-9(2)7-11(12)8-15/h5-7,10H,4,8,15H2,1-3H3,(H2,16,17,18,19). The Bertz CT molecular complexity index is 489. The van der Waals surface area contributed by atoms with Crippen LogP contribution in [0.1, 0.15) is 25.0 Å². The van der Waals surface area contributed by atoms with Crippen molar-refractivity contribution < 1.29 is 14.3 Å². The number of benzene rings is 1. The number of ether oxygens (including phenoxy) is 1. The maximum absolute atomic E-state index is 11.8. The zero-order chi connectivity index (χ0) is 15.1. The maximum atomic E-state index is 11.8. The van der Waals surface area contributed by atoms with Crippen LogP contribution in [0.25, 0.3) is 0 Å². The number of amides is 3. The predicted octanol–water partition coefficient (Wildman–Crippen LogP) is 1.07. The largest absolute Gasteiger partial charge is 0.481 e. The summed E-state index contributed by atoms with van der Waals surface area (Å²) in [6, 6.07) is 5.02. The first-order valence-corrected chi connectivity index (χ1v) is 6.52. The summed E-state index contributed by atoms with van der Waals surface area (Å²) in [5.41, 5.74) is 7.54. The maximum Gasteiger partial charge on any atom is 0.321 e. The molecule has 1 atom stereocenters. The van der Waals surface area contributed by atoms with Crippen molar-refractivity contribution in [1.82, 2.24) is 10.6 Å². The van der Waals surface area contributed by atoms with Crippen molar-refractivity contribution in [3.8, 4) is 5.75 Å². The Morgan fingerprint density at radius 2 is 2.10 bits per heavy atom. The molecule has 0 aliphatic rings. The smallest absolute Gasteiger partial charge is 0.321 e. The third kappa shape index (κ3) is 4.55. The molecule has 1 rings (SSSR count). The van der Waals surface area contributed by atoms with Crippen LogP contribution in [0.2, 0.25) is 0 Å². The van der Waals surface area contributed by atoms with E-state index in [4.69, 9.17) is 10.5 Å². The summed E-state index contributed by atoms with van der Waals surface area (Å²) in [4.78, 5) is 23.0. The van der Waals surface area contributed by atoms with Gasteiger partial charge in [-0.2, -0.15) is 0 Å². The van der Waals surface area contributed by atoms with Gasteiger partial charge in [-0.15, -0.1) is 0 Å². The number of aryl methyl sites for hydroxylation is 1. The highest BCUT2D eigenvalue weighted by molar-refractivity contribution is 5.96. The monoisotopic (exact) mass is 279 g/mol. The minimum absolute atomic E-state index is 0.321. The summed E-state index contributed by atoms with van der Waals surface area (Å²) in [5, 5.41) is 4.68. The second kappa shape index (κ2) is 7.49. The van der Waals surface area contributed by atoms with Gasteiger partial charge in [-0.3, -0.25) is 10.1 Å². The van der Waals surface area contributed by atoms with Gasteiger partial charge in [0.05, 0.1) is 0 Å². The second-order valence-corrected chi connectivity index (χ2v) is 4.42. The number of carbonyl (C=O) groups is 2. The average molecular weight is 279 g/mol. The van der Waals surface area contributed by atoms with Crippen molar-refractivity contribution in [2.24, 2.45) is 5.73 Å². The number of rotatable bonds is 5. The lowest BCUT2D eigenvalue weighted by Gasteiger charge is -2.17. The van der Waals surface area contributed by atoms with Gasteiger partial charge in [-0.1, -0.05) is 17.7 Å². The first-order valence-electron chi connectivity index (χ1n) is 6.52. The second-order valence-electron chi connectivity index (χ2n) is 4.42. The molecule has 1 aromatic rings. The number of hydrogen-bond donors (Lipinski definition) is 3. The van der Waals surface area contributed by atoms with Gasteiger partial charge in [0, 0.05) is 18.7 Å². The third-order valence-electron chi connectivity index (χ3n) is 2.68. The molecular weight excluding hydrogens is 258 g/mol. The minimum atomic E-state index is -0.786. The lowest BCUT2D eigenvalue weighted by Crippen LogP contribution is -2.45. The van der Waals surface area contributed by atoms with E-state index in [1.165, 1.54) is 0 Å². The lowest BCUT2D eigenvalue weighted by molar-refractivity contribution is -0.126. The van der Waals surface area contributed by atoms with Gasteiger partial charge in [-0.25, -0.2) is 4.79 Å². The van der Waals surface area contributed by atoms with Gasteiger partial charge in [0.25, 0.3) is 5.91 Å². The van der Waals surface area contributed by atoms with Crippen molar-refractivity contribution >= 4 is 11.9 Å². The molecule has 4 N–H and O–H groups in total. The molecule has 1 unspecified atom stereocenters. The molecule has 0 saturated carbocycles. The van der Waals surface area contributed by atoms with Gasteiger partial charge in [0.2, 0.25) is 0 Å². The molecule has 6 nitrogen and oxygen atoms in total. The highest BCUT2D eigenvalue weighted by Gasteiger charge is 2.18. The summed E-state index contributed by atoms with van der Waals surface area (Å²) in [5.74, 6) is 0.0520. The van der Waals surface area contributed by atoms with Gasteiger partial charge in [-0.05, 0) is 26.8 Å². The number of urea groups is 1. The molecule has 20 heavy (non-hydrogen) atoms. The molecule has 0 aromatic heterocycles. The number of nitrogens with two attached hydrogens (primary N) is 1. The van der Waals surface area contributed by atoms with E-state index in [1.54, 1.807) is 19.9 Å². The molecule has 0 bridgehead atoms. The van der Waals surface area contributed by atoms with E-state index in [9.17, 15) is 9.59 Å². The Morgan fingerprint density at radius 3 is 2.70 bits per heavy atom. The molecule has 0 spiro atoms. The molecule has 0 saturated heterocycles. The molecule has 0 aliphatic heterocycles. The summed E-state index contributed by atoms with van der Waals surface area (Å²) < 4.78 is 5.56. The lowest BCUT2D eigenvalue weighted by atomic mass is 10.1. The van der Waals surface area contributed by atoms with Crippen molar-refractivity contribution in [3.63, 3.8) is 0 Å². The Hall–Kier alpha value is -2.08. The molecule has 110 valence electrons. The van der Waals surface area contributed by atoms with Crippen LogP contribution in [-0.4, -0.2) is 24.6 Å². The summed E-state index contributed by atoms with van der Waals surface area (Å²) in [7, 11) is 0. The van der Waals surface area contributed by atoms with E-state index < -0.39 is 18.0 Å². The van der Waals surface area contributed by atoms with E-state index in [2.05, 4.69) is 10.6 Å². The fourth-order valence-electron chi connectivity index (χ4n) is 1.64. The number of imide groups is 1. The SMILES string of the molecule is CCNC(=O)NC(=O)C(C)Oc1ccc(C)cc1CN. The topological polar surface area (TPSA) is 93.5 Å². The third-order valence-corrected chi connectivity index (χ3v) is 2.68. The van der Waals surface area contributed by atoms with E-state index >= 15 is 0 Å². The molecular formula is C14H21N3O3. The molecule has 0 radical (unpaired) electrons. The fraction of sp³-hybridized carbons (Fsp3) is 0.429. The van der Waals surface area contributed by atoms with Crippen LogP contribution in [0.3, 0.4) is 0 Å². The Labute approximate surface area is 118 Å². The van der Waals surface area contributed by atoms with Crippen LogP contribution >= 0.6 is 0 Å². The normalized spacial score (nSPS) is 11.6. The number of carbonyl (C=O) groups excluding carboxylic acids is 2. The molecule has 6 heteroatoms. The molecule has 3 amide bonds. The Morgan fingerprint density at radius 1 is 1.40 bits per heavy atom. The first kappa shape index (κ1) is 16.0. The van der Waals surface area contributed by atoms with Crippen molar-refractivity contribution in [3.05, 3.63) is 29.3 Å². The Kier molecular flexibility index (Phi) is 5.99. The number of hydrogen-bond acceptors (Lipinski definition) is 4. The fourth-order valence-corrected chi connectivity index (χ4v) is 1.64. The highest BCUT2D eigenvalue weighted by atomic mass is 16.5. The van der Waals surface area contributed by atoms with Crippen LogP contribution in [-0.2, 0) is 11.3 Å². The Balaban J connectivity index is 2.68. The van der Waals surface area contributed by atoms with E-state index in [-0.39, 0.29) is 0 Å². The van der Waals surface area contributed by atoms with Gasteiger partial charge in [0.15, 0.2) is 6.10 Å². The van der Waals surface area contributed by atoms with Crippen LogP contribution in [0.15, 0.2) is 18.2 Å². The van der Waals surface area contributed by atoms with Crippen LogP contribution in [0.4, 0.5) is 4.79 Å².